The van der Waals surface area contributed by atoms with Crippen LogP contribution in [0.25, 0.3) is 0 Å². The monoisotopic (exact) mass is 593 g/mol. The normalized spacial score (nSPS) is 14.7. The number of carbonyl (C=O) groups excluding carboxylic acids is 2. The number of anilines is 1. The van der Waals surface area contributed by atoms with E-state index in [4.69, 9.17) is 0 Å². The third-order valence-electron chi connectivity index (χ3n) is 7.82. The molecular weight excluding hydrogens is 553 g/mol. The van der Waals surface area contributed by atoms with Crippen molar-refractivity contribution in [3.63, 3.8) is 0 Å². The van der Waals surface area contributed by atoms with Crippen LogP contribution in [0.2, 0.25) is 0 Å². The third kappa shape index (κ3) is 7.56. The van der Waals surface area contributed by atoms with Gasteiger partial charge in [-0.25, -0.2) is 12.8 Å². The van der Waals surface area contributed by atoms with Gasteiger partial charge < -0.3 is 10.2 Å². The third-order valence-corrected chi connectivity index (χ3v) is 9.59. The van der Waals surface area contributed by atoms with E-state index in [0.29, 0.717) is 6.42 Å². The van der Waals surface area contributed by atoms with Gasteiger partial charge in [0.25, 0.3) is 10.0 Å². The van der Waals surface area contributed by atoms with Crippen molar-refractivity contribution in [3.8, 4) is 0 Å². The molecule has 4 rings (SSSR count). The average molecular weight is 594 g/mol. The van der Waals surface area contributed by atoms with Crippen molar-refractivity contribution in [1.82, 2.24) is 10.2 Å². The van der Waals surface area contributed by atoms with Crippen molar-refractivity contribution >= 4 is 27.5 Å². The van der Waals surface area contributed by atoms with Crippen molar-refractivity contribution < 1.29 is 22.4 Å². The van der Waals surface area contributed by atoms with Gasteiger partial charge in [-0.15, -0.1) is 0 Å². The molecule has 1 fully saturated rings. The molecule has 0 saturated heterocycles. The SMILES string of the molecule is CC[C@H](C(=O)NC1CCCCC1)N(Cc1ccc(C)cc1)C(=O)CN(c1ccccc1F)S(=O)(=O)c1ccc(C)cc1. The molecule has 1 N–H and O–H groups in total. The van der Waals surface area contributed by atoms with Gasteiger partial charge in [0.1, 0.15) is 18.4 Å². The lowest BCUT2D eigenvalue weighted by Gasteiger charge is -2.34. The molecule has 0 aliphatic heterocycles. The van der Waals surface area contributed by atoms with Crippen LogP contribution in [0.1, 0.15) is 62.1 Å². The fraction of sp³-hybridized carbons (Fsp3) is 0.394. The first kappa shape index (κ1) is 31.2. The Labute approximate surface area is 248 Å². The zero-order valence-electron chi connectivity index (χ0n) is 24.6. The number of carbonyl (C=O) groups is 2. The van der Waals surface area contributed by atoms with E-state index in [9.17, 15) is 18.0 Å². The summed E-state index contributed by atoms with van der Waals surface area (Å²) in [6.45, 7) is 5.06. The maximum absolute atomic E-state index is 15.1. The van der Waals surface area contributed by atoms with E-state index in [-0.39, 0.29) is 29.1 Å². The van der Waals surface area contributed by atoms with Crippen LogP contribution in [-0.2, 0) is 26.2 Å². The molecule has 0 heterocycles. The van der Waals surface area contributed by atoms with Gasteiger partial charge in [0.15, 0.2) is 0 Å². The van der Waals surface area contributed by atoms with Gasteiger partial charge in [0.05, 0.1) is 10.6 Å². The Kier molecular flexibility index (Phi) is 10.4. The Bertz CT molecular complexity index is 1470. The highest BCUT2D eigenvalue weighted by atomic mass is 32.2. The lowest BCUT2D eigenvalue weighted by molar-refractivity contribution is -0.140. The van der Waals surface area contributed by atoms with Gasteiger partial charge in [-0.3, -0.25) is 13.9 Å². The summed E-state index contributed by atoms with van der Waals surface area (Å²) >= 11 is 0. The molecule has 0 aromatic heterocycles. The summed E-state index contributed by atoms with van der Waals surface area (Å²) in [5.74, 6) is -1.63. The highest BCUT2D eigenvalue weighted by Crippen LogP contribution is 2.27. The molecule has 1 atom stereocenters. The van der Waals surface area contributed by atoms with Crippen molar-refractivity contribution in [2.75, 3.05) is 10.8 Å². The predicted molar refractivity (Wildman–Crippen MR) is 163 cm³/mol. The van der Waals surface area contributed by atoms with Crippen LogP contribution in [0, 0.1) is 19.7 Å². The van der Waals surface area contributed by atoms with E-state index in [2.05, 4.69) is 5.32 Å². The molecule has 224 valence electrons. The molecule has 3 aromatic rings. The van der Waals surface area contributed by atoms with Crippen molar-refractivity contribution in [3.05, 3.63) is 95.3 Å². The standard InChI is InChI=1S/C33H40FN3O4S/c1-4-30(33(39)35-27-10-6-5-7-11-27)36(22-26-18-14-24(2)15-19-26)32(38)23-37(31-13-9-8-12-29(31)34)42(40,41)28-20-16-25(3)17-21-28/h8-9,12-21,27,30H,4-7,10-11,22-23H2,1-3H3,(H,35,39)/t30-/m1/s1. The number of para-hydroxylation sites is 1. The predicted octanol–water partition coefficient (Wildman–Crippen LogP) is 5.89. The highest BCUT2D eigenvalue weighted by molar-refractivity contribution is 7.92. The number of rotatable bonds is 11. The molecule has 0 bridgehead atoms. The molecule has 0 unspecified atom stereocenters. The summed E-state index contributed by atoms with van der Waals surface area (Å²) in [4.78, 5) is 29.1. The van der Waals surface area contributed by atoms with Crippen LogP contribution < -0.4 is 9.62 Å². The second-order valence-electron chi connectivity index (χ2n) is 11.1. The summed E-state index contributed by atoms with van der Waals surface area (Å²) in [6, 6.07) is 18.5. The zero-order chi connectivity index (χ0) is 30.3. The molecule has 7 nitrogen and oxygen atoms in total. The minimum absolute atomic E-state index is 0.0495. The summed E-state index contributed by atoms with van der Waals surface area (Å²) in [7, 11) is -4.33. The minimum Gasteiger partial charge on any atom is -0.352 e. The van der Waals surface area contributed by atoms with Crippen LogP contribution in [-0.4, -0.2) is 43.8 Å². The van der Waals surface area contributed by atoms with Gasteiger partial charge in [0, 0.05) is 12.6 Å². The highest BCUT2D eigenvalue weighted by Gasteiger charge is 2.35. The van der Waals surface area contributed by atoms with Gasteiger partial charge in [0.2, 0.25) is 11.8 Å². The van der Waals surface area contributed by atoms with E-state index < -0.39 is 34.3 Å². The first-order chi connectivity index (χ1) is 20.1. The molecule has 2 amide bonds. The Morgan fingerprint density at radius 2 is 1.50 bits per heavy atom. The smallest absolute Gasteiger partial charge is 0.264 e. The summed E-state index contributed by atoms with van der Waals surface area (Å²) in [5, 5.41) is 3.13. The van der Waals surface area contributed by atoms with Crippen LogP contribution in [0.3, 0.4) is 0 Å². The summed E-state index contributed by atoms with van der Waals surface area (Å²) < 4.78 is 43.7. The van der Waals surface area contributed by atoms with Crippen LogP contribution in [0.4, 0.5) is 10.1 Å². The van der Waals surface area contributed by atoms with Crippen molar-refractivity contribution in [1.29, 1.82) is 0 Å². The van der Waals surface area contributed by atoms with Gasteiger partial charge in [-0.05, 0) is 62.9 Å². The van der Waals surface area contributed by atoms with E-state index >= 15 is 4.39 Å². The molecule has 1 aliphatic carbocycles. The molecular formula is C33H40FN3O4S. The average Bonchev–Trinajstić information content (AvgIpc) is 2.98. The number of aryl methyl sites for hydroxylation is 2. The van der Waals surface area contributed by atoms with Gasteiger partial charge in [-0.1, -0.05) is 85.8 Å². The zero-order valence-corrected chi connectivity index (χ0v) is 25.4. The molecule has 1 aliphatic rings. The number of nitrogens with one attached hydrogen (secondary N) is 1. The molecule has 0 radical (unpaired) electrons. The lowest BCUT2D eigenvalue weighted by Crippen LogP contribution is -2.54. The quantitative estimate of drug-likeness (QED) is 0.300. The van der Waals surface area contributed by atoms with Crippen molar-refractivity contribution in [2.45, 2.75) is 82.8 Å². The second-order valence-corrected chi connectivity index (χ2v) is 12.9. The first-order valence-electron chi connectivity index (χ1n) is 14.6. The fourth-order valence-corrected chi connectivity index (χ4v) is 6.78. The molecule has 9 heteroatoms. The van der Waals surface area contributed by atoms with Crippen molar-refractivity contribution in [2.24, 2.45) is 0 Å². The van der Waals surface area contributed by atoms with E-state index in [1.807, 2.05) is 45.0 Å². The molecule has 42 heavy (non-hydrogen) atoms. The van der Waals surface area contributed by atoms with Crippen LogP contribution in [0.15, 0.2) is 77.7 Å². The lowest BCUT2D eigenvalue weighted by atomic mass is 9.95. The molecule has 3 aromatic carbocycles. The number of nitrogens with zero attached hydrogens (tertiary/aromatic N) is 2. The van der Waals surface area contributed by atoms with E-state index in [1.165, 1.54) is 35.2 Å². The first-order valence-corrected chi connectivity index (χ1v) is 16.0. The Morgan fingerprint density at radius 1 is 0.905 bits per heavy atom. The maximum atomic E-state index is 15.1. The number of amides is 2. The summed E-state index contributed by atoms with van der Waals surface area (Å²) in [6.07, 6.45) is 5.35. The maximum Gasteiger partial charge on any atom is 0.264 e. The summed E-state index contributed by atoms with van der Waals surface area (Å²) in [5.41, 5.74) is 2.48. The number of hydrogen-bond acceptors (Lipinski definition) is 4. The Balaban J connectivity index is 1.71. The topological polar surface area (TPSA) is 86.8 Å². The van der Waals surface area contributed by atoms with E-state index in [0.717, 1.165) is 59.2 Å². The van der Waals surface area contributed by atoms with E-state index in [1.54, 1.807) is 12.1 Å². The number of benzene rings is 3. The minimum atomic E-state index is -4.33. The number of halogens is 1. The fourth-order valence-electron chi connectivity index (χ4n) is 5.36. The molecule has 1 saturated carbocycles. The van der Waals surface area contributed by atoms with Gasteiger partial charge in [-0.2, -0.15) is 0 Å². The number of hydrogen-bond donors (Lipinski definition) is 1. The van der Waals surface area contributed by atoms with Crippen LogP contribution >= 0.6 is 0 Å². The largest absolute Gasteiger partial charge is 0.352 e. The Hall–Kier alpha value is -3.72. The Morgan fingerprint density at radius 3 is 2.10 bits per heavy atom. The van der Waals surface area contributed by atoms with Crippen LogP contribution in [0.5, 0.6) is 0 Å². The molecule has 0 spiro atoms. The number of sulfonamides is 1. The van der Waals surface area contributed by atoms with Gasteiger partial charge >= 0.3 is 0 Å². The second kappa shape index (κ2) is 14.0.